The Morgan fingerprint density at radius 2 is 2.07 bits per heavy atom. The highest BCUT2D eigenvalue weighted by Crippen LogP contribution is 2.65. The van der Waals surface area contributed by atoms with Crippen LogP contribution in [0.4, 0.5) is 8.78 Å². The molecule has 1 aliphatic heterocycles. The molecule has 30 heavy (non-hydrogen) atoms. The van der Waals surface area contributed by atoms with E-state index in [4.69, 9.17) is 10.5 Å². The summed E-state index contributed by atoms with van der Waals surface area (Å²) in [5.74, 6) is -1.72. The second-order valence-corrected chi connectivity index (χ2v) is 10.3. The van der Waals surface area contributed by atoms with Gasteiger partial charge in [0, 0.05) is 35.7 Å². The van der Waals surface area contributed by atoms with Crippen molar-refractivity contribution >= 4 is 27.5 Å². The molecule has 3 aliphatic carbocycles. The van der Waals surface area contributed by atoms with Crippen LogP contribution in [0.25, 0.3) is 10.2 Å². The number of nitrogens with two attached hydrogens (primary N) is 1. The third kappa shape index (κ3) is 2.92. The monoisotopic (exact) mass is 434 g/mol. The van der Waals surface area contributed by atoms with Crippen molar-refractivity contribution in [2.45, 2.75) is 62.5 Å². The topological polar surface area (TPSA) is 81.3 Å². The van der Waals surface area contributed by atoms with Crippen LogP contribution in [-0.2, 0) is 11.2 Å². The molecule has 2 aromatic heterocycles. The third-order valence-electron chi connectivity index (χ3n) is 7.46. The summed E-state index contributed by atoms with van der Waals surface area (Å²) in [6.45, 7) is 0.376. The van der Waals surface area contributed by atoms with E-state index in [0.29, 0.717) is 18.3 Å². The van der Waals surface area contributed by atoms with Crippen molar-refractivity contribution in [3.8, 4) is 5.88 Å². The summed E-state index contributed by atoms with van der Waals surface area (Å²) in [7, 11) is 0. The maximum Gasteiger partial charge on any atom is 0.261 e. The molecule has 4 aliphatic rings. The molecule has 9 heteroatoms. The zero-order valence-electron chi connectivity index (χ0n) is 16.5. The number of hydrogen-bond donors (Lipinski definition) is 1. The van der Waals surface area contributed by atoms with Crippen LogP contribution in [0, 0.1) is 11.8 Å². The summed E-state index contributed by atoms with van der Waals surface area (Å²) >= 11 is 1.67. The highest BCUT2D eigenvalue weighted by atomic mass is 32.1. The molecule has 1 saturated heterocycles. The van der Waals surface area contributed by atoms with Gasteiger partial charge in [0.25, 0.3) is 5.92 Å². The van der Waals surface area contributed by atoms with E-state index in [1.807, 2.05) is 4.90 Å². The number of fused-ring (bicyclic) bond motifs is 5. The number of aromatic nitrogens is 2. The predicted octanol–water partition coefficient (Wildman–Crippen LogP) is 3.09. The molecule has 6 rings (SSSR count). The number of alkyl halides is 2. The molecule has 3 heterocycles. The van der Waals surface area contributed by atoms with E-state index in [1.165, 1.54) is 16.8 Å². The molecule has 3 unspecified atom stereocenters. The number of carbonyl (C=O) groups is 1. The van der Waals surface area contributed by atoms with E-state index in [2.05, 4.69) is 9.97 Å². The zero-order valence-corrected chi connectivity index (χ0v) is 17.3. The van der Waals surface area contributed by atoms with Gasteiger partial charge in [0.15, 0.2) is 0 Å². The minimum atomic E-state index is -2.54. The van der Waals surface area contributed by atoms with E-state index < -0.39 is 5.92 Å². The van der Waals surface area contributed by atoms with Gasteiger partial charge in [0.1, 0.15) is 17.3 Å². The minimum Gasteiger partial charge on any atom is -0.474 e. The summed E-state index contributed by atoms with van der Waals surface area (Å²) < 4.78 is 33.4. The summed E-state index contributed by atoms with van der Waals surface area (Å²) in [5.41, 5.74) is 6.75. The van der Waals surface area contributed by atoms with Crippen LogP contribution in [-0.4, -0.2) is 51.9 Å². The molecule has 0 aromatic carbocycles. The smallest absolute Gasteiger partial charge is 0.261 e. The van der Waals surface area contributed by atoms with Crippen LogP contribution >= 0.6 is 11.3 Å². The lowest BCUT2D eigenvalue weighted by molar-refractivity contribution is -0.119. The Hall–Kier alpha value is -1.87. The standard InChI is InChI=1S/C21H24F2N4O2S/c22-21(23)5-6-27(8-21)10-1-3-11(4-2-10)29-19-17-16-13(30-20(17)26-9-25-19)7-12-14(16)15(12)18(24)28/h9-12,14-15H,1-8H2,(H2,24,28). The number of thiophene rings is 1. The summed E-state index contributed by atoms with van der Waals surface area (Å²) in [6, 6.07) is 0.220. The Bertz CT molecular complexity index is 1020. The van der Waals surface area contributed by atoms with Crippen molar-refractivity contribution in [2.75, 3.05) is 13.1 Å². The maximum atomic E-state index is 13.5. The minimum absolute atomic E-state index is 0.0277. The highest BCUT2D eigenvalue weighted by Gasteiger charge is 2.60. The van der Waals surface area contributed by atoms with Gasteiger partial charge >= 0.3 is 0 Å². The highest BCUT2D eigenvalue weighted by molar-refractivity contribution is 7.19. The largest absolute Gasteiger partial charge is 0.474 e. The lowest BCUT2D eigenvalue weighted by atomic mass is 9.92. The SMILES string of the molecule is NC(=O)C1C2Cc3sc4ncnc(OC5CCC(N6CCC(F)(F)C6)CC5)c4c3C21. The van der Waals surface area contributed by atoms with Crippen LogP contribution in [0.2, 0.25) is 0 Å². The molecule has 0 radical (unpaired) electrons. The van der Waals surface area contributed by atoms with Gasteiger partial charge < -0.3 is 10.5 Å². The molecule has 2 aromatic rings. The Kier molecular flexibility index (Phi) is 4.13. The fraction of sp³-hybridized carbons (Fsp3) is 0.667. The number of hydrogen-bond acceptors (Lipinski definition) is 6. The molecule has 3 atom stereocenters. The number of rotatable bonds is 4. The Labute approximate surface area is 176 Å². The number of primary amides is 1. The first-order valence-electron chi connectivity index (χ1n) is 10.8. The molecule has 160 valence electrons. The van der Waals surface area contributed by atoms with E-state index in [1.54, 1.807) is 11.3 Å². The van der Waals surface area contributed by atoms with Crippen LogP contribution in [0.1, 0.15) is 48.5 Å². The number of halogens is 2. The van der Waals surface area contributed by atoms with Crippen molar-refractivity contribution in [3.63, 3.8) is 0 Å². The van der Waals surface area contributed by atoms with E-state index in [-0.39, 0.29) is 42.9 Å². The van der Waals surface area contributed by atoms with E-state index in [0.717, 1.165) is 42.3 Å². The van der Waals surface area contributed by atoms with Gasteiger partial charge in [-0.2, -0.15) is 0 Å². The Morgan fingerprint density at radius 3 is 2.77 bits per heavy atom. The fourth-order valence-corrected chi connectivity index (χ4v) is 7.21. The van der Waals surface area contributed by atoms with E-state index in [9.17, 15) is 13.6 Å². The van der Waals surface area contributed by atoms with Crippen LogP contribution in [0.15, 0.2) is 6.33 Å². The van der Waals surface area contributed by atoms with Gasteiger partial charge in [0.05, 0.1) is 11.9 Å². The molecular formula is C21H24F2N4O2S. The van der Waals surface area contributed by atoms with Crippen LogP contribution in [0.3, 0.4) is 0 Å². The number of nitrogens with zero attached hydrogens (tertiary/aromatic N) is 3. The first-order valence-corrected chi connectivity index (χ1v) is 11.6. The molecule has 0 spiro atoms. The van der Waals surface area contributed by atoms with Crippen LogP contribution in [0.5, 0.6) is 5.88 Å². The first kappa shape index (κ1) is 18.9. The average Bonchev–Trinajstić information content (AvgIpc) is 2.98. The van der Waals surface area contributed by atoms with Gasteiger partial charge in [-0.15, -0.1) is 11.3 Å². The summed E-state index contributed by atoms with van der Waals surface area (Å²) in [4.78, 5) is 24.7. The number of ether oxygens (including phenoxy) is 1. The lowest BCUT2D eigenvalue weighted by Crippen LogP contribution is -2.40. The van der Waals surface area contributed by atoms with Crippen molar-refractivity contribution in [1.29, 1.82) is 0 Å². The summed E-state index contributed by atoms with van der Waals surface area (Å²) in [6.07, 6.45) is 5.83. The van der Waals surface area contributed by atoms with Crippen molar-refractivity contribution < 1.29 is 18.3 Å². The molecule has 0 bridgehead atoms. The predicted molar refractivity (Wildman–Crippen MR) is 108 cm³/mol. The number of likely N-dealkylation sites (tertiary alicyclic amines) is 1. The van der Waals surface area contributed by atoms with Crippen molar-refractivity contribution in [3.05, 3.63) is 16.8 Å². The quantitative estimate of drug-likeness (QED) is 0.800. The van der Waals surface area contributed by atoms with Gasteiger partial charge in [-0.3, -0.25) is 9.69 Å². The van der Waals surface area contributed by atoms with Crippen molar-refractivity contribution in [1.82, 2.24) is 14.9 Å². The average molecular weight is 435 g/mol. The van der Waals surface area contributed by atoms with Gasteiger partial charge in [-0.05, 0) is 43.6 Å². The van der Waals surface area contributed by atoms with Crippen molar-refractivity contribution in [2.24, 2.45) is 17.6 Å². The van der Waals surface area contributed by atoms with Gasteiger partial charge in [-0.1, -0.05) is 0 Å². The van der Waals surface area contributed by atoms with Crippen LogP contribution < -0.4 is 10.5 Å². The fourth-order valence-electron chi connectivity index (χ4n) is 5.95. The number of amides is 1. The molecular weight excluding hydrogens is 410 g/mol. The van der Waals surface area contributed by atoms with E-state index >= 15 is 0 Å². The Balaban J connectivity index is 1.18. The second kappa shape index (κ2) is 6.56. The zero-order chi connectivity index (χ0) is 20.6. The van der Waals surface area contributed by atoms with Gasteiger partial charge in [-0.25, -0.2) is 18.7 Å². The normalized spacial score (nSPS) is 34.7. The summed E-state index contributed by atoms with van der Waals surface area (Å²) in [5, 5.41) is 0.954. The number of carbonyl (C=O) groups excluding carboxylic acids is 1. The van der Waals surface area contributed by atoms with Gasteiger partial charge in [0.2, 0.25) is 11.8 Å². The molecule has 3 fully saturated rings. The second-order valence-electron chi connectivity index (χ2n) is 9.24. The lowest BCUT2D eigenvalue weighted by Gasteiger charge is -2.34. The molecule has 2 N–H and O–H groups in total. The third-order valence-corrected chi connectivity index (χ3v) is 8.59. The molecule has 1 amide bonds. The molecule has 2 saturated carbocycles. The maximum absolute atomic E-state index is 13.5. The first-order chi connectivity index (χ1) is 14.4. The Morgan fingerprint density at radius 1 is 1.27 bits per heavy atom. The molecule has 6 nitrogen and oxygen atoms in total.